The molecule has 1 atom stereocenters. The van der Waals surface area contributed by atoms with Crippen molar-refractivity contribution >= 4 is 12.0 Å². The molecule has 1 saturated heterocycles. The number of piperazine rings is 1. The highest BCUT2D eigenvalue weighted by molar-refractivity contribution is 5.94. The second kappa shape index (κ2) is 7.00. The van der Waals surface area contributed by atoms with Crippen molar-refractivity contribution in [3.63, 3.8) is 0 Å². The van der Waals surface area contributed by atoms with E-state index in [4.69, 9.17) is 10.5 Å². The van der Waals surface area contributed by atoms with E-state index in [-0.39, 0.29) is 18.0 Å². The van der Waals surface area contributed by atoms with Crippen molar-refractivity contribution in [2.75, 3.05) is 26.2 Å². The third-order valence-electron chi connectivity index (χ3n) is 3.69. The Labute approximate surface area is 137 Å². The van der Waals surface area contributed by atoms with E-state index in [1.165, 1.54) is 0 Å². The monoisotopic (exact) mass is 319 g/mol. The van der Waals surface area contributed by atoms with Gasteiger partial charge in [0.05, 0.1) is 6.04 Å². The number of hydrogen-bond acceptors (Lipinski definition) is 4. The predicted octanol–water partition coefficient (Wildman–Crippen LogP) is 1.71. The molecule has 23 heavy (non-hydrogen) atoms. The van der Waals surface area contributed by atoms with Crippen LogP contribution < -0.4 is 5.73 Å². The maximum absolute atomic E-state index is 12.6. The molecule has 0 radical (unpaired) electrons. The number of nitrogens with zero attached hydrogens (tertiary/aromatic N) is 2. The zero-order valence-corrected chi connectivity index (χ0v) is 14.0. The number of ether oxygens (including phenoxy) is 1. The van der Waals surface area contributed by atoms with Crippen LogP contribution in [0.15, 0.2) is 30.3 Å². The zero-order valence-electron chi connectivity index (χ0n) is 14.0. The minimum absolute atomic E-state index is 0.0510. The lowest BCUT2D eigenvalue weighted by Crippen LogP contribution is -2.59. The molecule has 126 valence electrons. The topological polar surface area (TPSA) is 75.9 Å². The summed E-state index contributed by atoms with van der Waals surface area (Å²) in [6.45, 7) is 7.10. The maximum atomic E-state index is 12.6. The van der Waals surface area contributed by atoms with E-state index in [1.807, 2.05) is 39.0 Å². The number of nitrogens with two attached hydrogens (primary N) is 1. The van der Waals surface area contributed by atoms with Crippen molar-refractivity contribution < 1.29 is 14.3 Å². The van der Waals surface area contributed by atoms with E-state index in [0.29, 0.717) is 31.7 Å². The van der Waals surface area contributed by atoms with Crippen LogP contribution in [0, 0.1) is 0 Å². The first kappa shape index (κ1) is 17.3. The summed E-state index contributed by atoms with van der Waals surface area (Å²) in [7, 11) is 0. The van der Waals surface area contributed by atoms with E-state index >= 15 is 0 Å². The van der Waals surface area contributed by atoms with Crippen molar-refractivity contribution in [2.24, 2.45) is 5.73 Å². The summed E-state index contributed by atoms with van der Waals surface area (Å²) in [5, 5.41) is 0. The first-order valence-corrected chi connectivity index (χ1v) is 7.86. The van der Waals surface area contributed by atoms with Gasteiger partial charge in [-0.05, 0) is 32.9 Å². The molecule has 6 nitrogen and oxygen atoms in total. The Bertz CT molecular complexity index is 554. The molecule has 1 heterocycles. The van der Waals surface area contributed by atoms with Gasteiger partial charge in [-0.3, -0.25) is 4.79 Å². The van der Waals surface area contributed by atoms with Gasteiger partial charge in [0.2, 0.25) is 0 Å². The lowest BCUT2D eigenvalue weighted by molar-refractivity contribution is 0.00528. The predicted molar refractivity (Wildman–Crippen MR) is 88.1 cm³/mol. The Morgan fingerprint density at radius 1 is 1.22 bits per heavy atom. The average molecular weight is 319 g/mol. The third kappa shape index (κ3) is 4.45. The van der Waals surface area contributed by atoms with Gasteiger partial charge < -0.3 is 20.3 Å². The Balaban J connectivity index is 2.05. The number of carbonyl (C=O) groups excluding carboxylic acids is 2. The molecule has 0 bridgehead atoms. The molecule has 1 aromatic carbocycles. The molecule has 0 aliphatic carbocycles. The van der Waals surface area contributed by atoms with Gasteiger partial charge >= 0.3 is 6.09 Å². The van der Waals surface area contributed by atoms with E-state index in [0.717, 1.165) is 0 Å². The number of carbonyl (C=O) groups is 2. The Kier molecular flexibility index (Phi) is 5.26. The molecule has 0 spiro atoms. The molecule has 2 rings (SSSR count). The summed E-state index contributed by atoms with van der Waals surface area (Å²) >= 11 is 0. The molecule has 1 fully saturated rings. The highest BCUT2D eigenvalue weighted by Gasteiger charge is 2.33. The summed E-state index contributed by atoms with van der Waals surface area (Å²) in [6.07, 6.45) is -0.359. The van der Waals surface area contributed by atoms with Gasteiger partial charge in [0.15, 0.2) is 0 Å². The van der Waals surface area contributed by atoms with Crippen molar-refractivity contribution in [1.29, 1.82) is 0 Å². The van der Waals surface area contributed by atoms with E-state index in [2.05, 4.69) is 0 Å². The van der Waals surface area contributed by atoms with Crippen molar-refractivity contribution in [2.45, 2.75) is 32.4 Å². The fraction of sp³-hybridized carbons (Fsp3) is 0.529. The van der Waals surface area contributed by atoms with Gasteiger partial charge in [-0.25, -0.2) is 4.79 Å². The lowest BCUT2D eigenvalue weighted by atomic mass is 10.1. The van der Waals surface area contributed by atoms with E-state index in [9.17, 15) is 9.59 Å². The molecular formula is C17H25N3O3. The first-order valence-electron chi connectivity index (χ1n) is 7.86. The minimum Gasteiger partial charge on any atom is -0.444 e. The smallest absolute Gasteiger partial charge is 0.410 e. The number of rotatable bonds is 2. The van der Waals surface area contributed by atoms with Crippen molar-refractivity contribution in [1.82, 2.24) is 9.80 Å². The van der Waals surface area contributed by atoms with Crippen LogP contribution in [0.5, 0.6) is 0 Å². The fourth-order valence-electron chi connectivity index (χ4n) is 2.56. The largest absolute Gasteiger partial charge is 0.444 e. The zero-order chi connectivity index (χ0) is 17.0. The molecule has 6 heteroatoms. The SMILES string of the molecule is CC(C)(C)OC(=O)N1CCN(C(=O)c2ccccc2)C(CN)C1. The van der Waals surface area contributed by atoms with E-state index < -0.39 is 5.60 Å². The quantitative estimate of drug-likeness (QED) is 0.900. The summed E-state index contributed by atoms with van der Waals surface area (Å²) in [4.78, 5) is 28.2. The van der Waals surface area contributed by atoms with Crippen LogP contribution in [0.4, 0.5) is 4.79 Å². The molecule has 1 aliphatic heterocycles. The molecule has 1 aromatic rings. The van der Waals surface area contributed by atoms with Gasteiger partial charge in [-0.15, -0.1) is 0 Å². The van der Waals surface area contributed by atoms with Crippen LogP contribution in [0.2, 0.25) is 0 Å². The summed E-state index contributed by atoms with van der Waals surface area (Å²) < 4.78 is 5.39. The first-order chi connectivity index (χ1) is 10.8. The Hall–Kier alpha value is -2.08. The van der Waals surface area contributed by atoms with Crippen LogP contribution >= 0.6 is 0 Å². The molecule has 2 N–H and O–H groups in total. The molecule has 0 saturated carbocycles. The van der Waals surface area contributed by atoms with Crippen LogP contribution in [-0.4, -0.2) is 59.6 Å². The van der Waals surface area contributed by atoms with Gasteiger partial charge in [-0.1, -0.05) is 18.2 Å². The van der Waals surface area contributed by atoms with Gasteiger partial charge in [0, 0.05) is 31.7 Å². The molecule has 1 aliphatic rings. The second-order valence-electron chi connectivity index (χ2n) is 6.68. The van der Waals surface area contributed by atoms with Crippen LogP contribution in [0.3, 0.4) is 0 Å². The van der Waals surface area contributed by atoms with Crippen LogP contribution in [-0.2, 0) is 4.74 Å². The van der Waals surface area contributed by atoms with Gasteiger partial charge in [-0.2, -0.15) is 0 Å². The highest BCUT2D eigenvalue weighted by atomic mass is 16.6. The molecule has 1 unspecified atom stereocenters. The standard InChI is InChI=1S/C17H25N3O3/c1-17(2,3)23-16(22)19-9-10-20(14(11-18)12-19)15(21)13-7-5-4-6-8-13/h4-8,14H,9-12,18H2,1-3H3. The van der Waals surface area contributed by atoms with Crippen LogP contribution in [0.25, 0.3) is 0 Å². The number of amides is 2. The summed E-state index contributed by atoms with van der Waals surface area (Å²) in [6, 6.07) is 8.91. The molecule has 2 amide bonds. The third-order valence-corrected chi connectivity index (χ3v) is 3.69. The van der Waals surface area contributed by atoms with Crippen LogP contribution in [0.1, 0.15) is 31.1 Å². The average Bonchev–Trinajstić information content (AvgIpc) is 2.52. The summed E-state index contributed by atoms with van der Waals surface area (Å²) in [5.74, 6) is -0.0510. The second-order valence-corrected chi connectivity index (χ2v) is 6.68. The van der Waals surface area contributed by atoms with E-state index in [1.54, 1.807) is 21.9 Å². The Morgan fingerprint density at radius 2 is 1.87 bits per heavy atom. The number of hydrogen-bond donors (Lipinski definition) is 1. The lowest BCUT2D eigenvalue weighted by Gasteiger charge is -2.41. The molecular weight excluding hydrogens is 294 g/mol. The minimum atomic E-state index is -0.535. The maximum Gasteiger partial charge on any atom is 0.410 e. The fourth-order valence-corrected chi connectivity index (χ4v) is 2.56. The Morgan fingerprint density at radius 3 is 2.43 bits per heavy atom. The summed E-state index contributed by atoms with van der Waals surface area (Å²) in [5.41, 5.74) is 5.93. The highest BCUT2D eigenvalue weighted by Crippen LogP contribution is 2.17. The number of benzene rings is 1. The molecule has 0 aromatic heterocycles. The van der Waals surface area contributed by atoms with Gasteiger partial charge in [0.25, 0.3) is 5.91 Å². The normalized spacial score (nSPS) is 18.7. The van der Waals surface area contributed by atoms with Crippen molar-refractivity contribution in [3.05, 3.63) is 35.9 Å². The van der Waals surface area contributed by atoms with Gasteiger partial charge in [0.1, 0.15) is 5.60 Å². The van der Waals surface area contributed by atoms with Crippen molar-refractivity contribution in [3.8, 4) is 0 Å².